The van der Waals surface area contributed by atoms with Gasteiger partial charge in [-0.2, -0.15) is 5.10 Å². The third-order valence-electron chi connectivity index (χ3n) is 4.46. The van der Waals surface area contributed by atoms with E-state index in [-0.39, 0.29) is 6.79 Å². The molecule has 5 rings (SSSR count). The highest BCUT2D eigenvalue weighted by Crippen LogP contribution is 2.44. The number of ether oxygens (including phenoxy) is 3. The largest absolute Gasteiger partial charge is 0.493 e. The minimum atomic E-state index is 0.192. The molecule has 7 nitrogen and oxygen atoms in total. The molecular formula is C19H16N4O3. The number of aryl methyl sites for hydroxylation is 1. The Hall–Kier alpha value is -3.48. The van der Waals surface area contributed by atoms with Crippen LogP contribution in [0, 0.1) is 0 Å². The van der Waals surface area contributed by atoms with Crippen molar-refractivity contribution in [2.24, 2.45) is 7.05 Å². The number of aromatic amines is 1. The van der Waals surface area contributed by atoms with Gasteiger partial charge in [-0.3, -0.25) is 0 Å². The van der Waals surface area contributed by atoms with Gasteiger partial charge in [-0.25, -0.2) is 9.67 Å². The molecule has 1 N–H and O–H groups in total. The van der Waals surface area contributed by atoms with E-state index in [1.807, 2.05) is 49.5 Å². The Labute approximate surface area is 149 Å². The topological polar surface area (TPSA) is 74.2 Å². The number of nitrogens with zero attached hydrogens (tertiary/aromatic N) is 3. The number of rotatable bonds is 3. The Kier molecular flexibility index (Phi) is 3.15. The van der Waals surface area contributed by atoms with Crippen molar-refractivity contribution in [2.45, 2.75) is 0 Å². The summed E-state index contributed by atoms with van der Waals surface area (Å²) in [7, 11) is 3.50. The lowest BCUT2D eigenvalue weighted by Crippen LogP contribution is -1.93. The van der Waals surface area contributed by atoms with Gasteiger partial charge >= 0.3 is 0 Å². The number of imidazole rings is 1. The maximum Gasteiger partial charge on any atom is 0.231 e. The second kappa shape index (κ2) is 5.52. The Bertz CT molecular complexity index is 1110. The van der Waals surface area contributed by atoms with Crippen LogP contribution in [0.1, 0.15) is 0 Å². The summed E-state index contributed by atoms with van der Waals surface area (Å²) in [5.74, 6) is 2.62. The van der Waals surface area contributed by atoms with Gasteiger partial charge in [0, 0.05) is 18.2 Å². The molecule has 0 radical (unpaired) electrons. The maximum atomic E-state index is 5.51. The van der Waals surface area contributed by atoms with E-state index < -0.39 is 0 Å². The van der Waals surface area contributed by atoms with Gasteiger partial charge in [-0.1, -0.05) is 30.3 Å². The van der Waals surface area contributed by atoms with Crippen LogP contribution < -0.4 is 14.2 Å². The molecule has 0 unspecified atom stereocenters. The molecule has 4 aromatic rings. The van der Waals surface area contributed by atoms with Crippen LogP contribution in [0.25, 0.3) is 33.8 Å². The van der Waals surface area contributed by atoms with Crippen molar-refractivity contribution in [1.82, 2.24) is 19.7 Å². The van der Waals surface area contributed by atoms with Gasteiger partial charge in [0.25, 0.3) is 0 Å². The quantitative estimate of drug-likeness (QED) is 0.614. The fourth-order valence-corrected chi connectivity index (χ4v) is 3.21. The van der Waals surface area contributed by atoms with E-state index in [9.17, 15) is 0 Å². The smallest absolute Gasteiger partial charge is 0.231 e. The summed E-state index contributed by atoms with van der Waals surface area (Å²) in [6.07, 6.45) is 0. The third kappa shape index (κ3) is 2.13. The minimum Gasteiger partial charge on any atom is -0.493 e. The molecule has 130 valence electrons. The van der Waals surface area contributed by atoms with E-state index >= 15 is 0 Å². The molecule has 0 saturated heterocycles. The van der Waals surface area contributed by atoms with E-state index in [1.165, 1.54) is 0 Å². The second-order valence-corrected chi connectivity index (χ2v) is 6.03. The van der Waals surface area contributed by atoms with Crippen molar-refractivity contribution in [3.8, 4) is 39.9 Å². The number of fused-ring (bicyclic) bond motifs is 2. The second-order valence-electron chi connectivity index (χ2n) is 6.03. The van der Waals surface area contributed by atoms with E-state index in [0.717, 1.165) is 33.8 Å². The van der Waals surface area contributed by atoms with Crippen LogP contribution in [0.3, 0.4) is 0 Å². The lowest BCUT2D eigenvalue weighted by molar-refractivity contribution is 0.171. The van der Waals surface area contributed by atoms with E-state index in [1.54, 1.807) is 11.8 Å². The summed E-state index contributed by atoms with van der Waals surface area (Å²) in [5, 5.41) is 4.60. The molecule has 2 aromatic heterocycles. The van der Waals surface area contributed by atoms with Gasteiger partial charge in [0.05, 0.1) is 7.11 Å². The van der Waals surface area contributed by atoms with Crippen molar-refractivity contribution in [3.63, 3.8) is 0 Å². The van der Waals surface area contributed by atoms with Crippen molar-refractivity contribution < 1.29 is 14.2 Å². The van der Waals surface area contributed by atoms with Gasteiger partial charge in [0.1, 0.15) is 17.0 Å². The molecule has 0 bridgehead atoms. The molecule has 1 aliphatic rings. The van der Waals surface area contributed by atoms with Crippen molar-refractivity contribution in [3.05, 3.63) is 42.5 Å². The van der Waals surface area contributed by atoms with Crippen LogP contribution in [-0.2, 0) is 7.05 Å². The average molecular weight is 348 g/mol. The highest BCUT2D eigenvalue weighted by atomic mass is 16.7. The van der Waals surface area contributed by atoms with Crippen LogP contribution in [0.2, 0.25) is 0 Å². The third-order valence-corrected chi connectivity index (χ3v) is 4.46. The SMILES string of the molecule is COc1cc(-c2nc3c([nH]2)c(-c2ccccc2)nn3C)cc2c1OCO2. The summed E-state index contributed by atoms with van der Waals surface area (Å²) in [5.41, 5.74) is 4.45. The van der Waals surface area contributed by atoms with E-state index in [2.05, 4.69) is 10.1 Å². The van der Waals surface area contributed by atoms with Gasteiger partial charge in [0.2, 0.25) is 12.5 Å². The Balaban J connectivity index is 1.68. The van der Waals surface area contributed by atoms with Gasteiger partial charge in [-0.15, -0.1) is 0 Å². The summed E-state index contributed by atoms with van der Waals surface area (Å²) in [6, 6.07) is 13.8. The molecule has 0 saturated carbocycles. The standard InChI is InChI=1S/C19H16N4O3/c1-23-19-16(15(22-23)11-6-4-3-5-7-11)20-18(21-19)12-8-13(24-2)17-14(9-12)25-10-26-17/h3-9H,10H2,1-2H3,(H,20,21). The lowest BCUT2D eigenvalue weighted by atomic mass is 10.1. The zero-order valence-corrected chi connectivity index (χ0v) is 14.3. The summed E-state index contributed by atoms with van der Waals surface area (Å²) < 4.78 is 18.2. The van der Waals surface area contributed by atoms with Crippen LogP contribution in [0.5, 0.6) is 17.2 Å². The summed E-state index contributed by atoms with van der Waals surface area (Å²) in [4.78, 5) is 8.12. The predicted molar refractivity (Wildman–Crippen MR) is 96.4 cm³/mol. The first-order valence-corrected chi connectivity index (χ1v) is 8.20. The molecule has 0 amide bonds. The molecule has 3 heterocycles. The zero-order chi connectivity index (χ0) is 17.7. The minimum absolute atomic E-state index is 0.192. The normalized spacial score (nSPS) is 12.7. The zero-order valence-electron chi connectivity index (χ0n) is 14.3. The first-order chi connectivity index (χ1) is 12.7. The Morgan fingerprint density at radius 1 is 1.12 bits per heavy atom. The first-order valence-electron chi connectivity index (χ1n) is 8.20. The van der Waals surface area contributed by atoms with Gasteiger partial charge in [-0.05, 0) is 12.1 Å². The van der Waals surface area contributed by atoms with E-state index in [4.69, 9.17) is 19.2 Å². The molecule has 0 aliphatic carbocycles. The number of hydrogen-bond donors (Lipinski definition) is 1. The number of H-pyrrole nitrogens is 1. The van der Waals surface area contributed by atoms with Crippen LogP contribution in [0.15, 0.2) is 42.5 Å². The van der Waals surface area contributed by atoms with Gasteiger partial charge < -0.3 is 19.2 Å². The molecule has 2 aromatic carbocycles. The first kappa shape index (κ1) is 14.8. The molecular weight excluding hydrogens is 332 g/mol. The molecule has 0 atom stereocenters. The molecule has 7 heteroatoms. The summed E-state index contributed by atoms with van der Waals surface area (Å²) >= 11 is 0. The molecule has 0 fully saturated rings. The molecule has 1 aliphatic heterocycles. The Morgan fingerprint density at radius 3 is 2.77 bits per heavy atom. The van der Waals surface area contributed by atoms with Crippen LogP contribution in [-0.4, -0.2) is 33.7 Å². The number of hydrogen-bond acceptors (Lipinski definition) is 5. The number of aromatic nitrogens is 4. The number of nitrogens with one attached hydrogen (secondary N) is 1. The monoisotopic (exact) mass is 348 g/mol. The fourth-order valence-electron chi connectivity index (χ4n) is 3.21. The highest BCUT2D eigenvalue weighted by molar-refractivity contribution is 5.90. The van der Waals surface area contributed by atoms with Crippen molar-refractivity contribution >= 4 is 11.2 Å². The predicted octanol–water partition coefficient (Wildman–Crippen LogP) is 3.37. The van der Waals surface area contributed by atoms with Crippen molar-refractivity contribution in [2.75, 3.05) is 13.9 Å². The average Bonchev–Trinajstić information content (AvgIpc) is 3.38. The fraction of sp³-hybridized carbons (Fsp3) is 0.158. The maximum absolute atomic E-state index is 5.51. The molecule has 26 heavy (non-hydrogen) atoms. The number of methoxy groups -OCH3 is 1. The van der Waals surface area contributed by atoms with E-state index in [0.29, 0.717) is 17.2 Å². The highest BCUT2D eigenvalue weighted by Gasteiger charge is 2.23. The lowest BCUT2D eigenvalue weighted by Gasteiger charge is -2.06. The molecule has 0 spiro atoms. The van der Waals surface area contributed by atoms with Crippen LogP contribution >= 0.6 is 0 Å². The Morgan fingerprint density at radius 2 is 1.96 bits per heavy atom. The number of benzene rings is 2. The summed E-state index contributed by atoms with van der Waals surface area (Å²) in [6.45, 7) is 0.192. The van der Waals surface area contributed by atoms with Gasteiger partial charge in [0.15, 0.2) is 17.1 Å². The van der Waals surface area contributed by atoms with Crippen LogP contribution in [0.4, 0.5) is 0 Å². The van der Waals surface area contributed by atoms with Crippen molar-refractivity contribution in [1.29, 1.82) is 0 Å².